The number of hydrogen-bond donors (Lipinski definition) is 2. The SMILES string of the molecule is Cc1ccnc(CNCCCC(N)Cc2ncc(C)cc2C)c1. The Hall–Kier alpha value is -1.78. The minimum atomic E-state index is 0.169. The normalized spacial score (nSPS) is 12.3. The zero-order valence-corrected chi connectivity index (χ0v) is 14.5. The zero-order valence-electron chi connectivity index (χ0n) is 14.5. The first-order chi connectivity index (χ1) is 11.0. The molecule has 124 valence electrons. The molecule has 2 heterocycles. The maximum Gasteiger partial charge on any atom is 0.0544 e. The molecule has 0 spiro atoms. The van der Waals surface area contributed by atoms with E-state index in [9.17, 15) is 0 Å². The molecular formula is C19H28N4. The minimum absolute atomic E-state index is 0.169. The number of hydrogen-bond acceptors (Lipinski definition) is 4. The van der Waals surface area contributed by atoms with E-state index in [2.05, 4.69) is 48.2 Å². The van der Waals surface area contributed by atoms with Crippen LogP contribution in [0.1, 0.15) is 40.9 Å². The smallest absolute Gasteiger partial charge is 0.0544 e. The highest BCUT2D eigenvalue weighted by Gasteiger charge is 2.07. The van der Waals surface area contributed by atoms with Crippen LogP contribution in [0.3, 0.4) is 0 Å². The highest BCUT2D eigenvalue weighted by molar-refractivity contribution is 5.23. The van der Waals surface area contributed by atoms with Gasteiger partial charge in [0.15, 0.2) is 0 Å². The van der Waals surface area contributed by atoms with Crippen LogP contribution in [-0.4, -0.2) is 22.6 Å². The van der Waals surface area contributed by atoms with E-state index in [-0.39, 0.29) is 6.04 Å². The van der Waals surface area contributed by atoms with Gasteiger partial charge in [-0.15, -0.1) is 0 Å². The molecule has 0 aromatic carbocycles. The van der Waals surface area contributed by atoms with Crippen LogP contribution in [0, 0.1) is 20.8 Å². The van der Waals surface area contributed by atoms with Crippen molar-refractivity contribution in [3.05, 3.63) is 58.7 Å². The van der Waals surface area contributed by atoms with Gasteiger partial charge in [-0.25, -0.2) is 0 Å². The van der Waals surface area contributed by atoms with Gasteiger partial charge >= 0.3 is 0 Å². The third-order valence-electron chi connectivity index (χ3n) is 3.99. The molecule has 3 N–H and O–H groups in total. The van der Waals surface area contributed by atoms with Crippen molar-refractivity contribution in [2.45, 2.75) is 52.6 Å². The van der Waals surface area contributed by atoms with Gasteiger partial charge in [-0.2, -0.15) is 0 Å². The Morgan fingerprint density at radius 3 is 2.70 bits per heavy atom. The van der Waals surface area contributed by atoms with E-state index >= 15 is 0 Å². The minimum Gasteiger partial charge on any atom is -0.327 e. The summed E-state index contributed by atoms with van der Waals surface area (Å²) < 4.78 is 0. The Balaban J connectivity index is 1.65. The van der Waals surface area contributed by atoms with Crippen LogP contribution in [0.15, 0.2) is 30.6 Å². The van der Waals surface area contributed by atoms with Gasteiger partial charge < -0.3 is 11.1 Å². The largest absolute Gasteiger partial charge is 0.327 e. The summed E-state index contributed by atoms with van der Waals surface area (Å²) >= 11 is 0. The number of nitrogens with zero attached hydrogens (tertiary/aromatic N) is 2. The summed E-state index contributed by atoms with van der Waals surface area (Å²) in [5, 5.41) is 3.43. The molecule has 4 heteroatoms. The molecule has 0 bridgehead atoms. The number of aryl methyl sites for hydroxylation is 3. The third-order valence-corrected chi connectivity index (χ3v) is 3.99. The second kappa shape index (κ2) is 8.75. The Bertz CT molecular complexity index is 625. The predicted octanol–water partition coefficient (Wildman–Crippen LogP) is 2.84. The van der Waals surface area contributed by atoms with Crippen LogP contribution < -0.4 is 11.1 Å². The van der Waals surface area contributed by atoms with Crippen molar-refractivity contribution in [3.8, 4) is 0 Å². The van der Waals surface area contributed by atoms with Crippen molar-refractivity contribution in [2.75, 3.05) is 6.54 Å². The van der Waals surface area contributed by atoms with Crippen LogP contribution >= 0.6 is 0 Å². The standard InChI is InChI=1S/C19H28N4/c1-14-6-8-22-18(10-14)13-21-7-4-5-17(20)11-19-16(3)9-15(2)12-23-19/h6,8-10,12,17,21H,4-5,7,11,13,20H2,1-3H3. The molecule has 0 aliphatic carbocycles. The first kappa shape index (κ1) is 17.6. The van der Waals surface area contributed by atoms with E-state index in [0.717, 1.165) is 43.7 Å². The van der Waals surface area contributed by atoms with Crippen LogP contribution in [0.25, 0.3) is 0 Å². The molecule has 23 heavy (non-hydrogen) atoms. The molecule has 0 saturated carbocycles. The van der Waals surface area contributed by atoms with Crippen LogP contribution in [-0.2, 0) is 13.0 Å². The van der Waals surface area contributed by atoms with Crippen molar-refractivity contribution >= 4 is 0 Å². The molecule has 0 aliphatic rings. The number of nitrogens with one attached hydrogen (secondary N) is 1. The highest BCUT2D eigenvalue weighted by atomic mass is 14.9. The van der Waals surface area contributed by atoms with Crippen molar-refractivity contribution < 1.29 is 0 Å². The lowest BCUT2D eigenvalue weighted by Gasteiger charge is -2.13. The van der Waals surface area contributed by atoms with Gasteiger partial charge in [-0.1, -0.05) is 6.07 Å². The Morgan fingerprint density at radius 2 is 1.96 bits per heavy atom. The van der Waals surface area contributed by atoms with E-state index in [1.807, 2.05) is 18.5 Å². The molecule has 1 atom stereocenters. The van der Waals surface area contributed by atoms with Gasteiger partial charge in [0.1, 0.15) is 0 Å². The fraction of sp³-hybridized carbons (Fsp3) is 0.474. The van der Waals surface area contributed by atoms with Crippen molar-refractivity contribution in [1.82, 2.24) is 15.3 Å². The second-order valence-electron chi connectivity index (χ2n) is 6.38. The molecule has 2 aromatic rings. The van der Waals surface area contributed by atoms with Crippen molar-refractivity contribution in [3.63, 3.8) is 0 Å². The van der Waals surface area contributed by atoms with E-state index in [1.165, 1.54) is 16.7 Å². The van der Waals surface area contributed by atoms with Gasteiger partial charge in [-0.05, 0) is 69.0 Å². The second-order valence-corrected chi connectivity index (χ2v) is 6.38. The fourth-order valence-electron chi connectivity index (χ4n) is 2.71. The Morgan fingerprint density at radius 1 is 1.13 bits per heavy atom. The summed E-state index contributed by atoms with van der Waals surface area (Å²) in [5.41, 5.74) is 12.2. The quantitative estimate of drug-likeness (QED) is 0.736. The molecule has 0 aliphatic heterocycles. The summed E-state index contributed by atoms with van der Waals surface area (Å²) in [6.45, 7) is 8.04. The van der Waals surface area contributed by atoms with E-state index in [0.29, 0.717) is 0 Å². The molecule has 2 aromatic heterocycles. The Labute approximate surface area is 139 Å². The molecule has 4 nitrogen and oxygen atoms in total. The summed E-state index contributed by atoms with van der Waals surface area (Å²) in [7, 11) is 0. The van der Waals surface area contributed by atoms with Crippen LogP contribution in [0.2, 0.25) is 0 Å². The van der Waals surface area contributed by atoms with Crippen LogP contribution in [0.4, 0.5) is 0 Å². The molecule has 0 radical (unpaired) electrons. The molecule has 2 rings (SSSR count). The molecule has 0 amide bonds. The van der Waals surface area contributed by atoms with Gasteiger partial charge in [0, 0.05) is 37.1 Å². The first-order valence-corrected chi connectivity index (χ1v) is 8.34. The molecule has 0 saturated heterocycles. The lowest BCUT2D eigenvalue weighted by atomic mass is 10.0. The van der Waals surface area contributed by atoms with Crippen molar-refractivity contribution in [1.29, 1.82) is 0 Å². The fourth-order valence-corrected chi connectivity index (χ4v) is 2.71. The monoisotopic (exact) mass is 312 g/mol. The number of pyridine rings is 2. The maximum absolute atomic E-state index is 6.25. The van der Waals surface area contributed by atoms with Gasteiger partial charge in [-0.3, -0.25) is 9.97 Å². The maximum atomic E-state index is 6.25. The van der Waals surface area contributed by atoms with E-state index < -0.39 is 0 Å². The first-order valence-electron chi connectivity index (χ1n) is 8.34. The summed E-state index contributed by atoms with van der Waals surface area (Å²) in [6.07, 6.45) is 6.71. The summed E-state index contributed by atoms with van der Waals surface area (Å²) in [6, 6.07) is 6.47. The predicted molar refractivity (Wildman–Crippen MR) is 95.3 cm³/mol. The lowest BCUT2D eigenvalue weighted by molar-refractivity contribution is 0.541. The average molecular weight is 312 g/mol. The van der Waals surface area contributed by atoms with Gasteiger partial charge in [0.2, 0.25) is 0 Å². The number of aromatic nitrogens is 2. The van der Waals surface area contributed by atoms with Crippen molar-refractivity contribution in [2.24, 2.45) is 5.73 Å². The summed E-state index contributed by atoms with van der Waals surface area (Å²) in [4.78, 5) is 8.86. The molecule has 0 fully saturated rings. The van der Waals surface area contributed by atoms with Gasteiger partial charge in [0.25, 0.3) is 0 Å². The highest BCUT2D eigenvalue weighted by Crippen LogP contribution is 2.10. The summed E-state index contributed by atoms with van der Waals surface area (Å²) in [5.74, 6) is 0. The number of rotatable bonds is 8. The number of nitrogens with two attached hydrogens (primary N) is 1. The zero-order chi connectivity index (χ0) is 16.7. The topological polar surface area (TPSA) is 63.8 Å². The van der Waals surface area contributed by atoms with E-state index in [4.69, 9.17) is 5.73 Å². The van der Waals surface area contributed by atoms with Gasteiger partial charge in [0.05, 0.1) is 5.69 Å². The third kappa shape index (κ3) is 6.08. The van der Waals surface area contributed by atoms with E-state index in [1.54, 1.807) is 0 Å². The lowest BCUT2D eigenvalue weighted by Crippen LogP contribution is -2.26. The average Bonchev–Trinajstić information content (AvgIpc) is 2.50. The van der Waals surface area contributed by atoms with Crippen LogP contribution in [0.5, 0.6) is 0 Å². The Kier molecular flexibility index (Phi) is 6.68. The molecular weight excluding hydrogens is 284 g/mol. The molecule has 1 unspecified atom stereocenters.